The first-order valence-electron chi connectivity index (χ1n) is 4.11. The summed E-state index contributed by atoms with van der Waals surface area (Å²) in [4.78, 5) is 1.85. The lowest BCUT2D eigenvalue weighted by molar-refractivity contribution is 0.198. The summed E-state index contributed by atoms with van der Waals surface area (Å²) < 4.78 is 5.23. The van der Waals surface area contributed by atoms with Crippen LogP contribution in [0.25, 0.3) is 0 Å². The highest BCUT2D eigenvalue weighted by Gasteiger charge is 2.24. The quantitative estimate of drug-likeness (QED) is 0.705. The van der Waals surface area contributed by atoms with Crippen molar-refractivity contribution in [2.24, 2.45) is 0 Å². The third kappa shape index (κ3) is 1.76. The normalized spacial score (nSPS) is 22.6. The lowest BCUT2D eigenvalue weighted by Crippen LogP contribution is -2.21. The molecule has 13 heavy (non-hydrogen) atoms. The van der Waals surface area contributed by atoms with Crippen LogP contribution in [-0.4, -0.2) is 34.5 Å². The summed E-state index contributed by atoms with van der Waals surface area (Å²) in [5.74, 6) is 0.640. The molecule has 5 nitrogen and oxygen atoms in total. The van der Waals surface area contributed by atoms with Crippen molar-refractivity contribution in [1.82, 2.24) is 10.2 Å². The van der Waals surface area contributed by atoms with Crippen LogP contribution in [0.15, 0.2) is 4.42 Å². The molecule has 2 rings (SSSR count). The molecule has 2 heterocycles. The van der Waals surface area contributed by atoms with E-state index in [1.807, 2.05) is 4.90 Å². The summed E-state index contributed by atoms with van der Waals surface area (Å²) in [7, 11) is 0. The minimum Gasteiger partial charge on any atom is -0.407 e. The first-order valence-corrected chi connectivity index (χ1v) is 4.64. The van der Waals surface area contributed by atoms with Gasteiger partial charge < -0.3 is 14.4 Å². The number of hydrogen-bond acceptors (Lipinski definition) is 5. The summed E-state index contributed by atoms with van der Waals surface area (Å²) in [6.45, 7) is 1.31. The van der Waals surface area contributed by atoms with Crippen LogP contribution in [0.5, 0.6) is 0 Å². The molecule has 0 bridgehead atoms. The van der Waals surface area contributed by atoms with Crippen LogP contribution in [0.1, 0.15) is 12.3 Å². The average molecular weight is 204 g/mol. The molecule has 1 saturated heterocycles. The Balaban J connectivity index is 2.08. The van der Waals surface area contributed by atoms with Gasteiger partial charge in [0, 0.05) is 13.1 Å². The van der Waals surface area contributed by atoms with Gasteiger partial charge in [-0.05, 0) is 6.42 Å². The second kappa shape index (κ2) is 3.51. The van der Waals surface area contributed by atoms with Crippen LogP contribution in [-0.2, 0) is 5.88 Å². The van der Waals surface area contributed by atoms with Crippen molar-refractivity contribution in [2.45, 2.75) is 18.4 Å². The standard InChI is InChI=1S/C7H10ClN3O2/c8-3-6-9-10-7(13-6)11-2-1-5(12)4-11/h5,12H,1-4H2. The van der Waals surface area contributed by atoms with Crippen molar-refractivity contribution in [3.8, 4) is 0 Å². The van der Waals surface area contributed by atoms with Crippen LogP contribution in [0.2, 0.25) is 0 Å². The molecule has 0 amide bonds. The van der Waals surface area contributed by atoms with Crippen molar-refractivity contribution in [3.05, 3.63) is 5.89 Å². The Hall–Kier alpha value is -0.810. The highest BCUT2D eigenvalue weighted by atomic mass is 35.5. The Labute approximate surface area is 80.3 Å². The molecule has 0 radical (unpaired) electrons. The molecule has 0 aromatic carbocycles. The van der Waals surface area contributed by atoms with Gasteiger partial charge in [-0.1, -0.05) is 5.10 Å². The smallest absolute Gasteiger partial charge is 0.318 e. The van der Waals surface area contributed by atoms with E-state index in [4.69, 9.17) is 16.0 Å². The van der Waals surface area contributed by atoms with Gasteiger partial charge in [-0.2, -0.15) is 0 Å². The van der Waals surface area contributed by atoms with E-state index in [1.54, 1.807) is 0 Å². The van der Waals surface area contributed by atoms with Crippen molar-refractivity contribution >= 4 is 17.6 Å². The van der Waals surface area contributed by atoms with E-state index < -0.39 is 0 Å². The molecule has 1 aromatic rings. The molecule has 72 valence electrons. The van der Waals surface area contributed by atoms with E-state index in [2.05, 4.69) is 10.2 Å². The zero-order valence-electron chi connectivity index (χ0n) is 6.98. The van der Waals surface area contributed by atoms with E-state index in [0.29, 0.717) is 18.5 Å². The van der Waals surface area contributed by atoms with Crippen molar-refractivity contribution in [3.63, 3.8) is 0 Å². The number of alkyl halides is 1. The van der Waals surface area contributed by atoms with Crippen LogP contribution >= 0.6 is 11.6 Å². The first kappa shape index (κ1) is 8.77. The highest BCUT2D eigenvalue weighted by Crippen LogP contribution is 2.18. The van der Waals surface area contributed by atoms with Crippen LogP contribution in [0.4, 0.5) is 6.01 Å². The Kier molecular flexibility index (Phi) is 2.37. The van der Waals surface area contributed by atoms with Gasteiger partial charge in [-0.25, -0.2) is 0 Å². The van der Waals surface area contributed by atoms with Crippen molar-refractivity contribution in [1.29, 1.82) is 0 Å². The fraction of sp³-hybridized carbons (Fsp3) is 0.714. The number of aromatic nitrogens is 2. The lowest BCUT2D eigenvalue weighted by atomic mass is 10.3. The number of rotatable bonds is 2. The minimum atomic E-state index is -0.286. The number of aliphatic hydroxyl groups excluding tert-OH is 1. The van der Waals surface area contributed by atoms with Crippen molar-refractivity contribution in [2.75, 3.05) is 18.0 Å². The largest absolute Gasteiger partial charge is 0.407 e. The molecule has 0 aliphatic carbocycles. The van der Waals surface area contributed by atoms with E-state index in [1.165, 1.54) is 0 Å². The molecule has 1 aliphatic rings. The Morgan fingerprint density at radius 1 is 1.62 bits per heavy atom. The number of halogens is 1. The van der Waals surface area contributed by atoms with Gasteiger partial charge in [-0.15, -0.1) is 16.7 Å². The van der Waals surface area contributed by atoms with E-state index >= 15 is 0 Å². The maximum atomic E-state index is 9.27. The Morgan fingerprint density at radius 3 is 3.00 bits per heavy atom. The molecule has 0 saturated carbocycles. The third-order valence-electron chi connectivity index (χ3n) is 2.00. The van der Waals surface area contributed by atoms with E-state index in [-0.39, 0.29) is 12.0 Å². The zero-order chi connectivity index (χ0) is 9.26. The van der Waals surface area contributed by atoms with Crippen LogP contribution < -0.4 is 4.90 Å². The van der Waals surface area contributed by atoms with Gasteiger partial charge in [0.1, 0.15) is 5.88 Å². The minimum absolute atomic E-state index is 0.226. The van der Waals surface area contributed by atoms with E-state index in [0.717, 1.165) is 13.0 Å². The molecule has 1 aromatic heterocycles. The lowest BCUT2D eigenvalue weighted by Gasteiger charge is -2.10. The molecule has 6 heteroatoms. The Morgan fingerprint density at radius 2 is 2.46 bits per heavy atom. The summed E-state index contributed by atoms with van der Waals surface area (Å²) in [6, 6.07) is 0.451. The molecule has 1 unspecified atom stereocenters. The van der Waals surface area contributed by atoms with Gasteiger partial charge in [-0.3, -0.25) is 0 Å². The Bertz CT molecular complexity index is 291. The summed E-state index contributed by atoms with van der Waals surface area (Å²) in [5.41, 5.74) is 0. The molecular weight excluding hydrogens is 194 g/mol. The monoisotopic (exact) mass is 203 g/mol. The second-order valence-corrected chi connectivity index (χ2v) is 3.27. The van der Waals surface area contributed by atoms with Gasteiger partial charge >= 0.3 is 6.01 Å². The third-order valence-corrected chi connectivity index (χ3v) is 2.23. The molecule has 1 atom stereocenters. The summed E-state index contributed by atoms with van der Waals surface area (Å²) in [6.07, 6.45) is 0.463. The topological polar surface area (TPSA) is 62.4 Å². The number of aliphatic hydroxyl groups is 1. The van der Waals surface area contributed by atoms with E-state index in [9.17, 15) is 5.11 Å². The van der Waals surface area contributed by atoms with Gasteiger partial charge in [0.15, 0.2) is 0 Å². The van der Waals surface area contributed by atoms with Crippen LogP contribution in [0, 0.1) is 0 Å². The molecule has 0 spiro atoms. The number of β-amino-alcohol motifs (C(OH)–C–C–N with tert-alkyl or cyclic N) is 1. The maximum absolute atomic E-state index is 9.27. The van der Waals surface area contributed by atoms with Crippen molar-refractivity contribution < 1.29 is 9.52 Å². The van der Waals surface area contributed by atoms with Crippen LogP contribution in [0.3, 0.4) is 0 Å². The SMILES string of the molecule is OC1CCN(c2nnc(CCl)o2)C1. The van der Waals surface area contributed by atoms with Gasteiger partial charge in [0.25, 0.3) is 0 Å². The van der Waals surface area contributed by atoms with Gasteiger partial charge in [0.05, 0.1) is 6.10 Å². The fourth-order valence-corrected chi connectivity index (χ4v) is 1.45. The number of anilines is 1. The number of hydrogen-bond donors (Lipinski definition) is 1. The first-order chi connectivity index (χ1) is 6.29. The molecule has 1 fully saturated rings. The maximum Gasteiger partial charge on any atom is 0.318 e. The zero-order valence-corrected chi connectivity index (χ0v) is 7.74. The number of nitrogens with zero attached hydrogens (tertiary/aromatic N) is 3. The predicted octanol–water partition coefficient (Wildman–Crippen LogP) is 0.379. The van der Waals surface area contributed by atoms with Gasteiger partial charge in [0.2, 0.25) is 5.89 Å². The average Bonchev–Trinajstić information content (AvgIpc) is 2.71. The predicted molar refractivity (Wildman–Crippen MR) is 46.7 cm³/mol. The fourth-order valence-electron chi connectivity index (χ4n) is 1.34. The summed E-state index contributed by atoms with van der Waals surface area (Å²) >= 11 is 5.51. The summed E-state index contributed by atoms with van der Waals surface area (Å²) in [5, 5.41) is 16.8. The molecule has 1 aliphatic heterocycles. The molecule has 1 N–H and O–H groups in total. The molecular formula is C7H10ClN3O2. The second-order valence-electron chi connectivity index (χ2n) is 3.00. The highest BCUT2D eigenvalue weighted by molar-refractivity contribution is 6.16.